The number of allylic oxidation sites excluding steroid dienone is 3. The molecular weight excluding hydrogens is 330 g/mol. The third kappa shape index (κ3) is 2.94. The van der Waals surface area contributed by atoms with Crippen LogP contribution in [0.5, 0.6) is 0 Å². The van der Waals surface area contributed by atoms with Gasteiger partial charge in [0.05, 0.1) is 37.8 Å². The molecule has 2 heterocycles. The SMILES string of the molecule is CCOC1=C(OC)C=C2C(c3cnccn3)=N[C@@H]3CC[C@@H](O)CC3=C2C1. The molecule has 0 aromatic carbocycles. The number of rotatable bonds is 4. The van der Waals surface area contributed by atoms with Gasteiger partial charge in [-0.1, -0.05) is 0 Å². The summed E-state index contributed by atoms with van der Waals surface area (Å²) in [4.78, 5) is 13.7. The molecule has 0 saturated heterocycles. The number of methoxy groups -OCH3 is 1. The van der Waals surface area contributed by atoms with Crippen LogP contribution in [0.2, 0.25) is 0 Å². The largest absolute Gasteiger partial charge is 0.494 e. The molecule has 3 aliphatic rings. The van der Waals surface area contributed by atoms with Crippen molar-refractivity contribution in [3.8, 4) is 0 Å². The summed E-state index contributed by atoms with van der Waals surface area (Å²) in [5.41, 5.74) is 5.02. The maximum absolute atomic E-state index is 10.2. The first-order valence-corrected chi connectivity index (χ1v) is 9.07. The van der Waals surface area contributed by atoms with E-state index in [2.05, 4.69) is 9.97 Å². The van der Waals surface area contributed by atoms with Crippen molar-refractivity contribution in [1.82, 2.24) is 9.97 Å². The minimum Gasteiger partial charge on any atom is -0.494 e. The average molecular weight is 353 g/mol. The van der Waals surface area contributed by atoms with Gasteiger partial charge in [-0.15, -0.1) is 0 Å². The van der Waals surface area contributed by atoms with Crippen molar-refractivity contribution in [2.75, 3.05) is 13.7 Å². The highest BCUT2D eigenvalue weighted by Gasteiger charge is 2.36. The number of hydrogen-bond acceptors (Lipinski definition) is 6. The first-order valence-electron chi connectivity index (χ1n) is 9.07. The fraction of sp³-hybridized carbons (Fsp3) is 0.450. The summed E-state index contributed by atoms with van der Waals surface area (Å²) in [6.07, 6.45) is 9.72. The highest BCUT2D eigenvalue weighted by atomic mass is 16.5. The molecule has 0 amide bonds. The first kappa shape index (κ1) is 17.0. The third-order valence-corrected chi connectivity index (χ3v) is 5.12. The zero-order valence-electron chi connectivity index (χ0n) is 15.1. The summed E-state index contributed by atoms with van der Waals surface area (Å²) < 4.78 is 11.4. The van der Waals surface area contributed by atoms with E-state index in [1.165, 1.54) is 11.1 Å². The molecule has 0 spiro atoms. The van der Waals surface area contributed by atoms with Crippen LogP contribution >= 0.6 is 0 Å². The fourth-order valence-electron chi connectivity index (χ4n) is 3.94. The van der Waals surface area contributed by atoms with Crippen LogP contribution in [0, 0.1) is 0 Å². The fourth-order valence-corrected chi connectivity index (χ4v) is 3.94. The number of nitrogens with zero attached hydrogens (tertiary/aromatic N) is 3. The number of aromatic nitrogens is 2. The van der Waals surface area contributed by atoms with E-state index in [1.807, 2.05) is 13.0 Å². The van der Waals surface area contributed by atoms with Crippen LogP contribution in [0.25, 0.3) is 0 Å². The molecule has 1 saturated carbocycles. The van der Waals surface area contributed by atoms with Gasteiger partial charge in [0.2, 0.25) is 0 Å². The van der Waals surface area contributed by atoms with Crippen LogP contribution in [-0.4, -0.2) is 46.6 Å². The normalized spacial score (nSPS) is 25.2. The Balaban J connectivity index is 1.86. The number of aliphatic hydroxyl groups excluding tert-OH is 1. The number of fused-ring (bicyclic) bond motifs is 2. The van der Waals surface area contributed by atoms with E-state index in [9.17, 15) is 5.11 Å². The molecule has 1 aromatic rings. The summed E-state index contributed by atoms with van der Waals surface area (Å²) >= 11 is 0. The molecule has 1 aliphatic heterocycles. The zero-order chi connectivity index (χ0) is 18.1. The minimum absolute atomic E-state index is 0.0922. The van der Waals surface area contributed by atoms with Crippen molar-refractivity contribution < 1.29 is 14.6 Å². The molecule has 1 aromatic heterocycles. The summed E-state index contributed by atoms with van der Waals surface area (Å²) in [6.45, 7) is 2.56. The van der Waals surface area contributed by atoms with Gasteiger partial charge in [-0.3, -0.25) is 15.0 Å². The van der Waals surface area contributed by atoms with Gasteiger partial charge in [0.1, 0.15) is 11.5 Å². The van der Waals surface area contributed by atoms with Crippen molar-refractivity contribution in [2.45, 2.75) is 44.8 Å². The van der Waals surface area contributed by atoms with Gasteiger partial charge in [0.15, 0.2) is 5.76 Å². The third-order valence-electron chi connectivity index (χ3n) is 5.12. The van der Waals surface area contributed by atoms with Gasteiger partial charge in [-0.25, -0.2) is 0 Å². The molecule has 0 bridgehead atoms. The quantitative estimate of drug-likeness (QED) is 0.901. The Morgan fingerprint density at radius 2 is 2.15 bits per heavy atom. The highest BCUT2D eigenvalue weighted by Crippen LogP contribution is 2.42. The first-order chi connectivity index (χ1) is 12.7. The number of dihydropyridines is 1. The van der Waals surface area contributed by atoms with E-state index in [-0.39, 0.29) is 12.1 Å². The van der Waals surface area contributed by atoms with E-state index in [0.717, 1.165) is 41.3 Å². The van der Waals surface area contributed by atoms with Gasteiger partial charge in [-0.05, 0) is 43.4 Å². The van der Waals surface area contributed by atoms with Gasteiger partial charge in [0.25, 0.3) is 0 Å². The molecule has 0 radical (unpaired) electrons. The topological polar surface area (TPSA) is 76.8 Å². The smallest absolute Gasteiger partial charge is 0.157 e. The molecule has 6 nitrogen and oxygen atoms in total. The minimum atomic E-state index is -0.299. The van der Waals surface area contributed by atoms with Gasteiger partial charge < -0.3 is 14.6 Å². The molecule has 136 valence electrons. The Hall–Kier alpha value is -2.47. The Morgan fingerprint density at radius 3 is 2.88 bits per heavy atom. The van der Waals surface area contributed by atoms with E-state index >= 15 is 0 Å². The van der Waals surface area contributed by atoms with Crippen molar-refractivity contribution in [3.63, 3.8) is 0 Å². The van der Waals surface area contributed by atoms with Crippen LogP contribution in [0.3, 0.4) is 0 Å². The molecule has 2 atom stereocenters. The van der Waals surface area contributed by atoms with E-state index in [0.29, 0.717) is 19.4 Å². The second-order valence-corrected chi connectivity index (χ2v) is 6.68. The molecule has 1 fully saturated rings. The van der Waals surface area contributed by atoms with Crippen LogP contribution in [0.15, 0.2) is 57.9 Å². The maximum atomic E-state index is 10.2. The van der Waals surface area contributed by atoms with Crippen molar-refractivity contribution >= 4 is 5.71 Å². The van der Waals surface area contributed by atoms with Gasteiger partial charge >= 0.3 is 0 Å². The molecule has 4 rings (SSSR count). The van der Waals surface area contributed by atoms with Crippen LogP contribution in [0.4, 0.5) is 0 Å². The molecular formula is C20H23N3O3. The predicted molar refractivity (Wildman–Crippen MR) is 97.6 cm³/mol. The lowest BCUT2D eigenvalue weighted by Gasteiger charge is -2.36. The number of hydrogen-bond donors (Lipinski definition) is 1. The molecule has 26 heavy (non-hydrogen) atoms. The Kier molecular flexibility index (Phi) is 4.59. The summed E-state index contributed by atoms with van der Waals surface area (Å²) in [5, 5.41) is 10.2. The maximum Gasteiger partial charge on any atom is 0.157 e. The van der Waals surface area contributed by atoms with Crippen molar-refractivity contribution in [1.29, 1.82) is 0 Å². The Bertz CT molecular complexity index is 824. The van der Waals surface area contributed by atoms with E-state index in [1.54, 1.807) is 25.7 Å². The predicted octanol–water partition coefficient (Wildman–Crippen LogP) is 2.71. The molecule has 0 unspecified atom stereocenters. The van der Waals surface area contributed by atoms with Crippen LogP contribution in [0.1, 0.15) is 38.3 Å². The van der Waals surface area contributed by atoms with Crippen molar-refractivity contribution in [3.05, 3.63) is 58.6 Å². The number of aliphatic imine (C=N–C) groups is 1. The second-order valence-electron chi connectivity index (χ2n) is 6.68. The lowest BCUT2D eigenvalue weighted by molar-refractivity contribution is 0.143. The molecule has 1 N–H and O–H groups in total. The second kappa shape index (κ2) is 7.03. The lowest BCUT2D eigenvalue weighted by atomic mass is 9.76. The molecule has 6 heteroatoms. The van der Waals surface area contributed by atoms with Crippen LogP contribution in [-0.2, 0) is 9.47 Å². The standard InChI is InChI=1S/C20H23N3O3/c1-3-26-19-9-13-14-8-12(24)4-5-16(14)23-20(15(13)10-18(19)25-2)17-11-21-6-7-22-17/h6-7,10-12,16,24H,3-5,8-9H2,1-2H3/t12-,16-/m1/s1. The molecule has 2 aliphatic carbocycles. The van der Waals surface area contributed by atoms with E-state index < -0.39 is 0 Å². The average Bonchev–Trinajstić information content (AvgIpc) is 2.68. The lowest BCUT2D eigenvalue weighted by Crippen LogP contribution is -2.32. The van der Waals surface area contributed by atoms with Gasteiger partial charge in [-0.2, -0.15) is 0 Å². The van der Waals surface area contributed by atoms with Crippen molar-refractivity contribution in [2.24, 2.45) is 4.99 Å². The highest BCUT2D eigenvalue weighted by molar-refractivity contribution is 6.15. The Morgan fingerprint density at radius 1 is 1.27 bits per heavy atom. The summed E-state index contributed by atoms with van der Waals surface area (Å²) in [5.74, 6) is 1.55. The van der Waals surface area contributed by atoms with Gasteiger partial charge in [0, 0.05) is 24.4 Å². The Labute approximate surface area is 153 Å². The summed E-state index contributed by atoms with van der Waals surface area (Å²) in [6, 6.07) is 0.0922. The summed E-state index contributed by atoms with van der Waals surface area (Å²) in [7, 11) is 1.65. The monoisotopic (exact) mass is 353 g/mol. The zero-order valence-corrected chi connectivity index (χ0v) is 15.1. The van der Waals surface area contributed by atoms with E-state index in [4.69, 9.17) is 14.5 Å². The number of ether oxygens (including phenoxy) is 2. The number of aliphatic hydroxyl groups is 1. The van der Waals surface area contributed by atoms with Crippen LogP contribution < -0.4 is 0 Å².